The number of rotatable bonds is 8. The third-order valence-corrected chi connectivity index (χ3v) is 5.11. The predicted molar refractivity (Wildman–Crippen MR) is 92.5 cm³/mol. The number of aromatic nitrogens is 1. The van der Waals surface area contributed by atoms with E-state index in [1.54, 1.807) is 17.4 Å². The van der Waals surface area contributed by atoms with Crippen LogP contribution in [0.2, 0.25) is 0 Å². The van der Waals surface area contributed by atoms with E-state index < -0.39 is 0 Å². The first-order chi connectivity index (χ1) is 11.2. The van der Waals surface area contributed by atoms with Crippen molar-refractivity contribution >= 4 is 11.3 Å². The van der Waals surface area contributed by atoms with Crippen molar-refractivity contribution in [1.82, 2.24) is 9.88 Å². The molecule has 1 aliphatic carbocycles. The van der Waals surface area contributed by atoms with Crippen LogP contribution in [-0.2, 0) is 17.8 Å². The van der Waals surface area contributed by atoms with Gasteiger partial charge < -0.3 is 9.84 Å². The Morgan fingerprint density at radius 2 is 2.22 bits per heavy atom. The molecule has 23 heavy (non-hydrogen) atoms. The second-order valence-corrected chi connectivity index (χ2v) is 6.97. The van der Waals surface area contributed by atoms with Gasteiger partial charge in [-0.3, -0.25) is 4.90 Å². The number of hydrogen-bond donors (Lipinski definition) is 1. The molecular weight excluding hydrogens is 308 g/mol. The van der Waals surface area contributed by atoms with Crippen LogP contribution in [0.1, 0.15) is 49.1 Å². The van der Waals surface area contributed by atoms with Gasteiger partial charge in [0.05, 0.1) is 5.69 Å². The number of ether oxygens (including phenoxy) is 1. The Bertz CT molecular complexity index is 639. The molecule has 1 atom stereocenters. The Balaban J connectivity index is 1.66. The summed E-state index contributed by atoms with van der Waals surface area (Å²) in [5.41, 5.74) is 2.26. The second-order valence-electron chi connectivity index (χ2n) is 6.08. The van der Waals surface area contributed by atoms with Gasteiger partial charge in [-0.2, -0.15) is 0 Å². The Labute approximate surface area is 141 Å². The molecule has 1 unspecified atom stereocenters. The highest BCUT2D eigenvalue weighted by atomic mass is 32.1. The molecule has 3 rings (SSSR count). The summed E-state index contributed by atoms with van der Waals surface area (Å²) in [7, 11) is 0. The molecule has 5 heteroatoms. The topological polar surface area (TPSA) is 45.6 Å². The summed E-state index contributed by atoms with van der Waals surface area (Å²) in [4.78, 5) is 7.20. The Morgan fingerprint density at radius 3 is 2.91 bits per heavy atom. The first-order valence-corrected chi connectivity index (χ1v) is 9.11. The van der Waals surface area contributed by atoms with Crippen molar-refractivity contribution in [2.75, 3.05) is 6.61 Å². The van der Waals surface area contributed by atoms with Crippen molar-refractivity contribution in [2.45, 2.75) is 51.9 Å². The molecule has 2 aromatic rings. The van der Waals surface area contributed by atoms with E-state index in [0.717, 1.165) is 29.4 Å². The smallest absolute Gasteiger partial charge is 0.122 e. The van der Waals surface area contributed by atoms with Gasteiger partial charge >= 0.3 is 0 Å². The second kappa shape index (κ2) is 7.43. The third-order valence-electron chi connectivity index (χ3n) is 4.06. The molecule has 0 amide bonds. The molecule has 0 radical (unpaired) electrons. The molecule has 1 aromatic carbocycles. The zero-order chi connectivity index (χ0) is 16.2. The summed E-state index contributed by atoms with van der Waals surface area (Å²) in [5.74, 6) is 0.333. The average molecular weight is 332 g/mol. The minimum atomic E-state index is 0.0687. The lowest BCUT2D eigenvalue weighted by molar-refractivity contribution is 0.0760. The fourth-order valence-corrected chi connectivity index (χ4v) is 3.57. The highest BCUT2D eigenvalue weighted by molar-refractivity contribution is 7.09. The van der Waals surface area contributed by atoms with Gasteiger partial charge in [0.1, 0.15) is 16.9 Å². The van der Waals surface area contributed by atoms with E-state index in [2.05, 4.69) is 23.3 Å². The van der Waals surface area contributed by atoms with Gasteiger partial charge in [-0.05, 0) is 44.4 Å². The van der Waals surface area contributed by atoms with Gasteiger partial charge in [0.25, 0.3) is 0 Å². The molecule has 1 fully saturated rings. The molecule has 124 valence electrons. The van der Waals surface area contributed by atoms with Crippen LogP contribution in [0.15, 0.2) is 29.6 Å². The molecule has 1 aliphatic rings. The van der Waals surface area contributed by atoms with Crippen LogP contribution in [-0.4, -0.2) is 27.6 Å². The molecule has 1 N–H and O–H groups in total. The van der Waals surface area contributed by atoms with E-state index in [9.17, 15) is 5.11 Å². The first kappa shape index (κ1) is 16.4. The van der Waals surface area contributed by atoms with Gasteiger partial charge in [-0.25, -0.2) is 4.98 Å². The van der Waals surface area contributed by atoms with Crippen molar-refractivity contribution in [1.29, 1.82) is 0 Å². The minimum absolute atomic E-state index is 0.0687. The van der Waals surface area contributed by atoms with Crippen molar-refractivity contribution in [3.05, 3.63) is 45.9 Å². The van der Waals surface area contributed by atoms with Gasteiger partial charge in [-0.15, -0.1) is 11.3 Å². The maximum Gasteiger partial charge on any atom is 0.122 e. The summed E-state index contributed by atoms with van der Waals surface area (Å²) in [5, 5.41) is 12.8. The van der Waals surface area contributed by atoms with Crippen LogP contribution in [0.25, 0.3) is 0 Å². The molecule has 0 spiro atoms. The highest BCUT2D eigenvalue weighted by Gasteiger charge is 2.29. The summed E-state index contributed by atoms with van der Waals surface area (Å²) in [6.07, 6.45) is 2.58. The van der Waals surface area contributed by atoms with E-state index in [1.807, 2.05) is 19.1 Å². The standard InChI is InChI=1S/C18H24N2O2S/c1-3-22-13(2)18-19-15(12-23-18)11-20(16-7-8-16)10-14-5-4-6-17(21)9-14/h4-6,9,12-13,16,21H,3,7-8,10-11H2,1-2H3. The summed E-state index contributed by atoms with van der Waals surface area (Å²) in [6, 6.07) is 8.18. The third kappa shape index (κ3) is 4.53. The summed E-state index contributed by atoms with van der Waals surface area (Å²) < 4.78 is 5.62. The normalized spacial score (nSPS) is 16.0. The van der Waals surface area contributed by atoms with Gasteiger partial charge in [-0.1, -0.05) is 12.1 Å². The van der Waals surface area contributed by atoms with Crippen LogP contribution in [0, 0.1) is 0 Å². The predicted octanol–water partition coefficient (Wildman–Crippen LogP) is 4.11. The lowest BCUT2D eigenvalue weighted by atomic mass is 10.2. The maximum atomic E-state index is 9.64. The molecule has 0 saturated heterocycles. The van der Waals surface area contributed by atoms with E-state index in [-0.39, 0.29) is 6.10 Å². The van der Waals surface area contributed by atoms with E-state index in [1.165, 1.54) is 12.8 Å². The molecule has 4 nitrogen and oxygen atoms in total. The van der Waals surface area contributed by atoms with Crippen molar-refractivity contribution in [3.8, 4) is 5.75 Å². The van der Waals surface area contributed by atoms with Crippen LogP contribution >= 0.6 is 11.3 Å². The fraction of sp³-hybridized carbons (Fsp3) is 0.500. The number of phenolic OH excluding ortho intramolecular Hbond substituents is 1. The number of benzene rings is 1. The summed E-state index contributed by atoms with van der Waals surface area (Å²) >= 11 is 1.68. The van der Waals surface area contributed by atoms with E-state index in [4.69, 9.17) is 9.72 Å². The zero-order valence-corrected chi connectivity index (χ0v) is 14.6. The number of nitrogens with zero attached hydrogens (tertiary/aromatic N) is 2. The Morgan fingerprint density at radius 1 is 1.39 bits per heavy atom. The highest BCUT2D eigenvalue weighted by Crippen LogP contribution is 2.31. The van der Waals surface area contributed by atoms with Crippen LogP contribution in [0.4, 0.5) is 0 Å². The molecule has 1 saturated carbocycles. The van der Waals surface area contributed by atoms with Crippen LogP contribution in [0.5, 0.6) is 5.75 Å². The van der Waals surface area contributed by atoms with Crippen molar-refractivity contribution in [3.63, 3.8) is 0 Å². The lowest BCUT2D eigenvalue weighted by Gasteiger charge is -2.21. The molecule has 1 aromatic heterocycles. The quantitative estimate of drug-likeness (QED) is 0.790. The molecule has 1 heterocycles. The Hall–Kier alpha value is -1.43. The first-order valence-electron chi connectivity index (χ1n) is 8.23. The maximum absolute atomic E-state index is 9.64. The fourth-order valence-electron chi connectivity index (χ4n) is 2.75. The zero-order valence-electron chi connectivity index (χ0n) is 13.7. The van der Waals surface area contributed by atoms with Crippen molar-refractivity contribution < 1.29 is 9.84 Å². The number of phenols is 1. The Kier molecular flexibility index (Phi) is 5.30. The van der Waals surface area contributed by atoms with Crippen LogP contribution < -0.4 is 0 Å². The van der Waals surface area contributed by atoms with Gasteiger partial charge in [0, 0.05) is 31.1 Å². The average Bonchev–Trinajstić information content (AvgIpc) is 3.26. The van der Waals surface area contributed by atoms with E-state index in [0.29, 0.717) is 18.4 Å². The lowest BCUT2D eigenvalue weighted by Crippen LogP contribution is -2.25. The molecular formula is C18H24N2O2S. The van der Waals surface area contributed by atoms with Gasteiger partial charge in [0.2, 0.25) is 0 Å². The van der Waals surface area contributed by atoms with Crippen LogP contribution in [0.3, 0.4) is 0 Å². The largest absolute Gasteiger partial charge is 0.508 e. The number of hydrogen-bond acceptors (Lipinski definition) is 5. The monoisotopic (exact) mass is 332 g/mol. The van der Waals surface area contributed by atoms with Crippen molar-refractivity contribution in [2.24, 2.45) is 0 Å². The van der Waals surface area contributed by atoms with E-state index >= 15 is 0 Å². The molecule has 0 bridgehead atoms. The number of aromatic hydroxyl groups is 1. The minimum Gasteiger partial charge on any atom is -0.508 e. The number of thiazole rings is 1. The van der Waals surface area contributed by atoms with Gasteiger partial charge in [0.15, 0.2) is 0 Å². The molecule has 0 aliphatic heterocycles. The summed E-state index contributed by atoms with van der Waals surface area (Å²) in [6.45, 7) is 6.48. The SMILES string of the molecule is CCOC(C)c1nc(CN(Cc2cccc(O)c2)C2CC2)cs1.